The number of hydrogen-bond donors (Lipinski definition) is 1. The number of carbonyl (C=O) groups excluding carboxylic acids is 2. The molecule has 134 valence electrons. The highest BCUT2D eigenvalue weighted by Crippen LogP contribution is 2.35. The number of hydrogen-bond acceptors (Lipinski definition) is 6. The second-order valence-corrected chi connectivity index (χ2v) is 5.36. The minimum atomic E-state index is -0.612. The number of allylic oxidation sites excluding steroid dienone is 1. The van der Waals surface area contributed by atoms with E-state index in [2.05, 4.69) is 0 Å². The van der Waals surface area contributed by atoms with Crippen molar-refractivity contribution >= 4 is 18.0 Å². The van der Waals surface area contributed by atoms with Gasteiger partial charge in [0.1, 0.15) is 0 Å². The molecule has 2 rings (SSSR count). The molecule has 0 radical (unpaired) electrons. The highest BCUT2D eigenvalue weighted by atomic mass is 16.5. The zero-order valence-electron chi connectivity index (χ0n) is 14.7. The fraction of sp³-hybridized carbons (Fsp3) is 0.333. The fourth-order valence-corrected chi connectivity index (χ4v) is 2.66. The van der Waals surface area contributed by atoms with Crippen LogP contribution in [0.2, 0.25) is 0 Å². The summed E-state index contributed by atoms with van der Waals surface area (Å²) in [5, 5.41) is 10.2. The Morgan fingerprint density at radius 1 is 1.28 bits per heavy atom. The zero-order valence-corrected chi connectivity index (χ0v) is 14.7. The third-order valence-electron chi connectivity index (χ3n) is 3.97. The average Bonchev–Trinajstić information content (AvgIpc) is 2.84. The summed E-state index contributed by atoms with van der Waals surface area (Å²) in [5.41, 5.74) is 1.18. The quantitative estimate of drug-likeness (QED) is 0.623. The monoisotopic (exact) mass is 347 g/mol. The van der Waals surface area contributed by atoms with Crippen LogP contribution in [0.15, 0.2) is 35.0 Å². The summed E-state index contributed by atoms with van der Waals surface area (Å²) in [7, 11) is 4.22. The number of rotatable bonds is 6. The molecule has 0 atom stereocenters. The van der Waals surface area contributed by atoms with Gasteiger partial charge in [-0.2, -0.15) is 0 Å². The molecule has 0 bridgehead atoms. The maximum absolute atomic E-state index is 12.8. The van der Waals surface area contributed by atoms with Crippen LogP contribution in [0.1, 0.15) is 12.5 Å². The first-order chi connectivity index (χ1) is 12.0. The van der Waals surface area contributed by atoms with Crippen molar-refractivity contribution < 1.29 is 28.9 Å². The number of aromatic hydroxyl groups is 1. The number of para-hydroxylation sites is 1. The van der Waals surface area contributed by atoms with Crippen LogP contribution in [-0.4, -0.2) is 56.4 Å². The first-order valence-electron chi connectivity index (χ1n) is 7.64. The highest BCUT2D eigenvalue weighted by Gasteiger charge is 2.36. The molecule has 1 aliphatic heterocycles. The van der Waals surface area contributed by atoms with E-state index in [1.165, 1.54) is 32.3 Å². The number of amides is 1. The van der Waals surface area contributed by atoms with E-state index in [4.69, 9.17) is 14.2 Å². The smallest absolute Gasteiger partial charge is 0.340 e. The number of phenols is 1. The molecule has 1 aromatic rings. The van der Waals surface area contributed by atoms with E-state index in [0.29, 0.717) is 24.4 Å². The Balaban J connectivity index is 2.54. The SMILES string of the molecule is COCCN1C(=O)/C(=C\c2cccc(OC)c2O)C(C(=O)OC)=C1C. The predicted octanol–water partition coefficient (Wildman–Crippen LogP) is 1.72. The first kappa shape index (κ1) is 18.5. The highest BCUT2D eigenvalue weighted by molar-refractivity contribution is 6.16. The molecule has 1 aliphatic rings. The third-order valence-corrected chi connectivity index (χ3v) is 3.97. The van der Waals surface area contributed by atoms with Crippen molar-refractivity contribution in [2.75, 3.05) is 34.5 Å². The summed E-state index contributed by atoms with van der Waals surface area (Å²) in [6.45, 7) is 2.31. The summed E-state index contributed by atoms with van der Waals surface area (Å²) in [5.74, 6) is -0.796. The van der Waals surface area contributed by atoms with Gasteiger partial charge in [-0.05, 0) is 19.1 Å². The van der Waals surface area contributed by atoms with E-state index in [1.807, 2.05) is 0 Å². The number of nitrogens with zero attached hydrogens (tertiary/aromatic N) is 1. The molecule has 1 aromatic carbocycles. The predicted molar refractivity (Wildman–Crippen MR) is 90.9 cm³/mol. The Labute approximate surface area is 146 Å². The lowest BCUT2D eigenvalue weighted by atomic mass is 10.0. The molecule has 0 fully saturated rings. The van der Waals surface area contributed by atoms with Gasteiger partial charge in [-0.1, -0.05) is 12.1 Å². The number of methoxy groups -OCH3 is 3. The second kappa shape index (κ2) is 7.85. The molecule has 1 amide bonds. The maximum Gasteiger partial charge on any atom is 0.340 e. The van der Waals surface area contributed by atoms with Gasteiger partial charge in [-0.25, -0.2) is 4.79 Å². The molecule has 7 heteroatoms. The van der Waals surface area contributed by atoms with Crippen molar-refractivity contribution in [1.29, 1.82) is 0 Å². The summed E-state index contributed by atoms with van der Waals surface area (Å²) in [4.78, 5) is 26.4. The van der Waals surface area contributed by atoms with Gasteiger partial charge in [0, 0.05) is 24.9 Å². The number of ether oxygens (including phenoxy) is 3. The number of benzene rings is 1. The molecule has 25 heavy (non-hydrogen) atoms. The maximum atomic E-state index is 12.8. The van der Waals surface area contributed by atoms with Gasteiger partial charge in [0.15, 0.2) is 11.5 Å². The van der Waals surface area contributed by atoms with Crippen LogP contribution >= 0.6 is 0 Å². The standard InChI is InChI=1S/C18H21NO6/c1-11-15(18(22)25-4)13(17(21)19(11)8-9-23-2)10-12-6-5-7-14(24-3)16(12)20/h5-7,10,20H,8-9H2,1-4H3/b13-10-. The molecule has 0 saturated heterocycles. The van der Waals surface area contributed by atoms with Gasteiger partial charge in [0.25, 0.3) is 5.91 Å². The third kappa shape index (κ3) is 3.51. The topological polar surface area (TPSA) is 85.3 Å². The lowest BCUT2D eigenvalue weighted by molar-refractivity contribution is -0.136. The largest absolute Gasteiger partial charge is 0.504 e. The van der Waals surface area contributed by atoms with E-state index >= 15 is 0 Å². The molecule has 0 saturated carbocycles. The molecule has 0 spiro atoms. The van der Waals surface area contributed by atoms with Gasteiger partial charge in [0.05, 0.1) is 32.0 Å². The lowest BCUT2D eigenvalue weighted by Gasteiger charge is -2.16. The van der Waals surface area contributed by atoms with Gasteiger partial charge in [0.2, 0.25) is 0 Å². The van der Waals surface area contributed by atoms with Gasteiger partial charge >= 0.3 is 5.97 Å². The molecular weight excluding hydrogens is 326 g/mol. The number of carbonyl (C=O) groups is 2. The molecule has 1 heterocycles. The van der Waals surface area contributed by atoms with E-state index in [0.717, 1.165) is 0 Å². The Hall–Kier alpha value is -2.80. The minimum Gasteiger partial charge on any atom is -0.504 e. The second-order valence-electron chi connectivity index (χ2n) is 5.36. The Morgan fingerprint density at radius 2 is 2.00 bits per heavy atom. The van der Waals surface area contributed by atoms with Crippen molar-refractivity contribution in [2.24, 2.45) is 0 Å². The Kier molecular flexibility index (Phi) is 5.82. The van der Waals surface area contributed by atoms with E-state index in [-0.39, 0.29) is 28.6 Å². The Bertz CT molecular complexity index is 750. The summed E-state index contributed by atoms with van der Waals surface area (Å²) >= 11 is 0. The summed E-state index contributed by atoms with van der Waals surface area (Å²) in [6, 6.07) is 4.91. The van der Waals surface area contributed by atoms with Crippen LogP contribution in [0.4, 0.5) is 0 Å². The van der Waals surface area contributed by atoms with Gasteiger partial charge in [-0.15, -0.1) is 0 Å². The van der Waals surface area contributed by atoms with Crippen molar-refractivity contribution in [3.8, 4) is 11.5 Å². The molecule has 0 aromatic heterocycles. The number of esters is 1. The molecule has 0 aliphatic carbocycles. The van der Waals surface area contributed by atoms with Crippen LogP contribution < -0.4 is 4.74 Å². The van der Waals surface area contributed by atoms with Crippen molar-refractivity contribution in [1.82, 2.24) is 4.90 Å². The van der Waals surface area contributed by atoms with Gasteiger partial charge in [-0.3, -0.25) is 4.79 Å². The van der Waals surface area contributed by atoms with E-state index in [9.17, 15) is 14.7 Å². The molecule has 7 nitrogen and oxygen atoms in total. The van der Waals surface area contributed by atoms with Crippen LogP contribution in [0, 0.1) is 0 Å². The molecular formula is C18H21NO6. The van der Waals surface area contributed by atoms with Crippen LogP contribution in [0.25, 0.3) is 6.08 Å². The van der Waals surface area contributed by atoms with Crippen LogP contribution in [0.5, 0.6) is 11.5 Å². The van der Waals surface area contributed by atoms with E-state index < -0.39 is 5.97 Å². The molecule has 0 unspecified atom stereocenters. The zero-order chi connectivity index (χ0) is 18.6. The number of phenolic OH excluding ortho intramolecular Hbond substituents is 1. The first-order valence-corrected chi connectivity index (χ1v) is 7.64. The summed E-state index contributed by atoms with van der Waals surface area (Å²) in [6.07, 6.45) is 1.46. The normalized spacial score (nSPS) is 15.9. The Morgan fingerprint density at radius 3 is 2.60 bits per heavy atom. The average molecular weight is 347 g/mol. The van der Waals surface area contributed by atoms with Crippen LogP contribution in [0.3, 0.4) is 0 Å². The minimum absolute atomic E-state index is 0.109. The van der Waals surface area contributed by atoms with Crippen LogP contribution in [-0.2, 0) is 19.1 Å². The van der Waals surface area contributed by atoms with Crippen molar-refractivity contribution in [3.05, 3.63) is 40.6 Å². The summed E-state index contributed by atoms with van der Waals surface area (Å²) < 4.78 is 14.9. The van der Waals surface area contributed by atoms with Crippen molar-refractivity contribution in [2.45, 2.75) is 6.92 Å². The molecule has 1 N–H and O–H groups in total. The van der Waals surface area contributed by atoms with Crippen molar-refractivity contribution in [3.63, 3.8) is 0 Å². The van der Waals surface area contributed by atoms with E-state index in [1.54, 1.807) is 25.1 Å². The lowest BCUT2D eigenvalue weighted by Crippen LogP contribution is -2.28. The van der Waals surface area contributed by atoms with Gasteiger partial charge < -0.3 is 24.2 Å². The fourth-order valence-electron chi connectivity index (χ4n) is 2.66.